The summed E-state index contributed by atoms with van der Waals surface area (Å²) in [7, 11) is -7.81. The van der Waals surface area contributed by atoms with Crippen LogP contribution in [0.2, 0.25) is 0 Å². The lowest BCUT2D eigenvalue weighted by atomic mass is 9.94. The van der Waals surface area contributed by atoms with Crippen molar-refractivity contribution in [3.63, 3.8) is 0 Å². The summed E-state index contributed by atoms with van der Waals surface area (Å²) in [6, 6.07) is 13.5. The zero-order chi connectivity index (χ0) is 42.1. The van der Waals surface area contributed by atoms with Crippen molar-refractivity contribution in [3.05, 3.63) is 117 Å². The molecule has 3 aromatic carbocycles. The largest absolute Gasteiger partial charge is 0.467 e. The Morgan fingerprint density at radius 1 is 0.842 bits per heavy atom. The molecule has 2 N–H and O–H groups in total. The molecule has 0 radical (unpaired) electrons. The van der Waals surface area contributed by atoms with E-state index in [9.17, 15) is 51.8 Å². The minimum Gasteiger partial charge on any atom is -0.467 e. The number of non-ortho nitro benzene ring substituents is 2. The van der Waals surface area contributed by atoms with Crippen molar-refractivity contribution in [3.8, 4) is 0 Å². The second kappa shape index (κ2) is 18.8. The molecule has 1 aliphatic carbocycles. The molecular weight excluding hydrogens is 787 g/mol. The minimum absolute atomic E-state index is 0.0253. The molecule has 0 spiro atoms. The second-order valence-corrected chi connectivity index (χ2v) is 17.9. The normalized spacial score (nSPS) is 17.8. The van der Waals surface area contributed by atoms with E-state index in [2.05, 4.69) is 5.32 Å². The average Bonchev–Trinajstić information content (AvgIpc) is 3.16. The van der Waals surface area contributed by atoms with Crippen LogP contribution in [0.1, 0.15) is 52.0 Å². The summed E-state index contributed by atoms with van der Waals surface area (Å²) in [6.45, 7) is 4.49. The highest BCUT2D eigenvalue weighted by atomic mass is 32.2. The van der Waals surface area contributed by atoms with Gasteiger partial charge in [-0.25, -0.2) is 26.4 Å². The van der Waals surface area contributed by atoms with Gasteiger partial charge in [0.1, 0.15) is 11.6 Å². The summed E-state index contributed by atoms with van der Waals surface area (Å²) in [5, 5.41) is 36.4. The van der Waals surface area contributed by atoms with Crippen molar-refractivity contribution < 1.29 is 50.9 Å². The number of hydrogen-bond donors (Lipinski definition) is 2. The molecule has 57 heavy (non-hydrogen) atoms. The Labute approximate surface area is 330 Å². The smallest absolute Gasteiger partial charge is 0.408 e. The molecule has 0 bridgehead atoms. The standard InChI is InChI=1S/C37H45N5O13S2/c1-37(2,3)55-36(45)38-32(35(44)54-4)12-8-9-23-39(56(50,51)30-18-13-27(14-19-30)41(46)47)29-17-22-34(43)33(24-29)40(25-26-10-6-5-7-11-26)57(52,53)31-20-15-28(16-21-31)42(48)49/h5-7,10-11,13-22,29,32-34,43H,8-9,12,23-25H2,1-4H3,(H,38,45)/t29-,32-,33-,34+/m0/s1. The number of sulfonamides is 2. The van der Waals surface area contributed by atoms with Gasteiger partial charge in [-0.15, -0.1) is 0 Å². The summed E-state index contributed by atoms with van der Waals surface area (Å²) in [4.78, 5) is 45.7. The van der Waals surface area contributed by atoms with Gasteiger partial charge in [-0.05, 0) is 76.3 Å². The lowest BCUT2D eigenvalue weighted by molar-refractivity contribution is -0.385. The van der Waals surface area contributed by atoms with Crippen LogP contribution in [0.3, 0.4) is 0 Å². The molecule has 20 heteroatoms. The maximum Gasteiger partial charge on any atom is 0.408 e. The molecule has 0 saturated carbocycles. The molecule has 18 nitrogen and oxygen atoms in total. The first-order valence-corrected chi connectivity index (χ1v) is 20.6. The number of carbonyl (C=O) groups excluding carboxylic acids is 2. The Morgan fingerprint density at radius 3 is 1.86 bits per heavy atom. The summed E-state index contributed by atoms with van der Waals surface area (Å²) in [5.74, 6) is -0.754. The lowest BCUT2D eigenvalue weighted by Gasteiger charge is -2.40. The Bertz CT molecular complexity index is 2140. The number of amides is 1. The summed E-state index contributed by atoms with van der Waals surface area (Å²) in [6.07, 6.45) is 0.512. The van der Waals surface area contributed by atoms with Crippen LogP contribution in [0.15, 0.2) is 101 Å². The van der Waals surface area contributed by atoms with E-state index in [0.717, 1.165) is 64.3 Å². The molecular formula is C37H45N5O13S2. The number of aliphatic hydroxyl groups excluding tert-OH is 1. The van der Waals surface area contributed by atoms with Crippen molar-refractivity contribution >= 4 is 43.5 Å². The number of hydrogen-bond acceptors (Lipinski definition) is 13. The van der Waals surface area contributed by atoms with E-state index < -0.39 is 71.8 Å². The van der Waals surface area contributed by atoms with Gasteiger partial charge < -0.3 is 19.9 Å². The predicted octanol–water partition coefficient (Wildman–Crippen LogP) is 4.68. The van der Waals surface area contributed by atoms with E-state index in [1.165, 1.54) is 12.2 Å². The molecule has 1 amide bonds. The lowest BCUT2D eigenvalue weighted by Crippen LogP contribution is -2.52. The third-order valence-electron chi connectivity index (χ3n) is 8.93. The zero-order valence-corrected chi connectivity index (χ0v) is 33.3. The number of nitrogens with zero attached hydrogens (tertiary/aromatic N) is 4. The second-order valence-electron chi connectivity index (χ2n) is 14.1. The number of nitro groups is 2. The first kappa shape index (κ1) is 44.4. The van der Waals surface area contributed by atoms with Gasteiger partial charge in [0.25, 0.3) is 11.4 Å². The van der Waals surface area contributed by atoms with Gasteiger partial charge >= 0.3 is 12.1 Å². The Balaban J connectivity index is 1.69. The Hall–Kier alpha value is -5.28. The van der Waals surface area contributed by atoms with E-state index >= 15 is 0 Å². The number of carbonyl (C=O) groups is 2. The monoisotopic (exact) mass is 831 g/mol. The van der Waals surface area contributed by atoms with Crippen LogP contribution in [-0.4, -0.2) is 95.9 Å². The topological polar surface area (TPSA) is 246 Å². The van der Waals surface area contributed by atoms with Crippen molar-refractivity contribution in [2.75, 3.05) is 13.7 Å². The molecule has 4 rings (SSSR count). The fourth-order valence-electron chi connectivity index (χ4n) is 6.15. The van der Waals surface area contributed by atoms with Crippen LogP contribution in [0.25, 0.3) is 0 Å². The first-order valence-electron chi connectivity index (χ1n) is 17.7. The van der Waals surface area contributed by atoms with Gasteiger partial charge in [-0.3, -0.25) is 20.2 Å². The SMILES string of the molecule is COC(=O)[C@H](CCCCN([C@H]1C=C[C@@H](O)[C@@H](N(Cc2ccccc2)S(=O)(=O)c2ccc([N+](=O)[O-])cc2)C1)S(=O)(=O)c1ccc([N+](=O)[O-])cc1)NC(=O)OC(C)(C)C. The van der Waals surface area contributed by atoms with Gasteiger partial charge in [-0.2, -0.15) is 8.61 Å². The van der Waals surface area contributed by atoms with Crippen molar-refractivity contribution in [2.45, 2.75) is 92.6 Å². The van der Waals surface area contributed by atoms with Crippen molar-refractivity contribution in [1.29, 1.82) is 0 Å². The molecule has 1 aliphatic rings. The van der Waals surface area contributed by atoms with E-state index in [0.29, 0.717) is 5.56 Å². The summed E-state index contributed by atoms with van der Waals surface area (Å²) >= 11 is 0. The number of alkyl carbamates (subject to hydrolysis) is 1. The molecule has 4 atom stereocenters. The molecule has 0 unspecified atom stereocenters. The van der Waals surface area contributed by atoms with Gasteiger partial charge in [0, 0.05) is 43.4 Å². The van der Waals surface area contributed by atoms with Crippen molar-refractivity contribution in [2.24, 2.45) is 0 Å². The van der Waals surface area contributed by atoms with Gasteiger partial charge in [-0.1, -0.05) is 42.5 Å². The maximum absolute atomic E-state index is 14.4. The van der Waals surface area contributed by atoms with Gasteiger partial charge in [0.15, 0.2) is 0 Å². The van der Waals surface area contributed by atoms with Crippen LogP contribution >= 0.6 is 0 Å². The van der Waals surface area contributed by atoms with E-state index in [4.69, 9.17) is 9.47 Å². The molecule has 0 heterocycles. The van der Waals surface area contributed by atoms with Crippen LogP contribution < -0.4 is 5.32 Å². The number of nitro benzene ring substituents is 2. The maximum atomic E-state index is 14.4. The average molecular weight is 832 g/mol. The number of ether oxygens (including phenoxy) is 2. The fraction of sp³-hybridized carbons (Fsp3) is 0.405. The molecule has 0 fully saturated rings. The third-order valence-corrected chi connectivity index (χ3v) is 12.8. The van der Waals surface area contributed by atoms with E-state index in [1.807, 2.05) is 0 Å². The number of methoxy groups -OCH3 is 1. The van der Waals surface area contributed by atoms with Crippen molar-refractivity contribution in [1.82, 2.24) is 13.9 Å². The number of benzene rings is 3. The highest BCUT2D eigenvalue weighted by Gasteiger charge is 2.42. The highest BCUT2D eigenvalue weighted by Crippen LogP contribution is 2.33. The molecule has 3 aromatic rings. The number of nitrogens with one attached hydrogen (secondary N) is 1. The molecule has 0 saturated heterocycles. The number of aliphatic hydroxyl groups is 1. The van der Waals surface area contributed by atoms with E-state index in [1.54, 1.807) is 51.1 Å². The number of esters is 1. The van der Waals surface area contributed by atoms with Crippen LogP contribution in [0.5, 0.6) is 0 Å². The third kappa shape index (κ3) is 11.6. The van der Waals surface area contributed by atoms with Crippen LogP contribution in [0, 0.1) is 20.2 Å². The quantitative estimate of drug-likeness (QED) is 0.0618. The summed E-state index contributed by atoms with van der Waals surface area (Å²) < 4.78 is 69.5. The zero-order valence-electron chi connectivity index (χ0n) is 31.7. The van der Waals surface area contributed by atoms with Gasteiger partial charge in [0.05, 0.1) is 38.9 Å². The minimum atomic E-state index is -4.49. The molecule has 0 aromatic heterocycles. The van der Waals surface area contributed by atoms with Gasteiger partial charge in [0.2, 0.25) is 20.0 Å². The fourth-order valence-corrected chi connectivity index (χ4v) is 9.42. The highest BCUT2D eigenvalue weighted by molar-refractivity contribution is 7.89. The number of rotatable bonds is 17. The molecule has 0 aliphatic heterocycles. The van der Waals surface area contributed by atoms with E-state index in [-0.39, 0.29) is 59.9 Å². The molecule has 308 valence electrons. The summed E-state index contributed by atoms with van der Waals surface area (Å²) in [5.41, 5.74) is -0.999. The van der Waals surface area contributed by atoms with Crippen LogP contribution in [0.4, 0.5) is 16.2 Å². The first-order chi connectivity index (χ1) is 26.7. The Morgan fingerprint density at radius 2 is 1.37 bits per heavy atom. The Kier molecular flexibility index (Phi) is 14.6. The number of unbranched alkanes of at least 4 members (excludes halogenated alkanes) is 1. The van der Waals surface area contributed by atoms with Crippen LogP contribution in [-0.2, 0) is 40.9 Å². The predicted molar refractivity (Wildman–Crippen MR) is 206 cm³/mol.